The van der Waals surface area contributed by atoms with Crippen molar-refractivity contribution in [2.24, 2.45) is 0 Å². The molecule has 0 spiro atoms. The van der Waals surface area contributed by atoms with Crippen molar-refractivity contribution in [2.75, 3.05) is 23.8 Å². The smallest absolute Gasteiger partial charge is 0.319 e. The van der Waals surface area contributed by atoms with Gasteiger partial charge < -0.3 is 25.4 Å². The number of para-hydroxylation sites is 1. The highest BCUT2D eigenvalue weighted by Crippen LogP contribution is 2.36. The molecule has 1 aliphatic rings. The number of fused-ring (bicyclic) bond motifs is 1. The predicted molar refractivity (Wildman–Crippen MR) is 113 cm³/mol. The Morgan fingerprint density at radius 3 is 2.55 bits per heavy atom. The van der Waals surface area contributed by atoms with Crippen molar-refractivity contribution in [3.8, 4) is 11.5 Å². The van der Waals surface area contributed by atoms with Gasteiger partial charge in [-0.2, -0.15) is 0 Å². The zero-order chi connectivity index (χ0) is 20.8. The molecule has 152 valence electrons. The van der Waals surface area contributed by atoms with E-state index in [2.05, 4.69) is 16.0 Å². The molecule has 0 saturated heterocycles. The van der Waals surface area contributed by atoms with Gasteiger partial charge in [0.15, 0.2) is 11.5 Å². The Bertz CT molecular complexity index is 937. The number of rotatable bonds is 6. The highest BCUT2D eigenvalue weighted by molar-refractivity contribution is 6.08. The molecule has 1 aliphatic heterocycles. The van der Waals surface area contributed by atoms with E-state index in [9.17, 15) is 9.59 Å². The number of anilines is 2. The lowest BCUT2D eigenvalue weighted by atomic mass is 10.1. The maximum Gasteiger partial charge on any atom is 0.319 e. The number of carbonyl (C=O) groups excluding carboxylic acids is 2. The van der Waals surface area contributed by atoms with Crippen LogP contribution in [0.1, 0.15) is 26.3 Å². The zero-order valence-corrected chi connectivity index (χ0v) is 16.7. The van der Waals surface area contributed by atoms with Gasteiger partial charge in [-0.1, -0.05) is 18.2 Å². The molecule has 7 nitrogen and oxygen atoms in total. The standard InChI is InChI=1S/C22H25N3O4/c1-4-28-19-10-5-7-15-11-16(13-29-20(15)19)21(26)24-17-8-6-9-18(12-17)25-22(27)23-14(2)3/h5-12,14H,4,13H2,1-3H3,(H,24,26)(H2,23,25,27). The first-order chi connectivity index (χ1) is 14.0. The molecule has 0 unspecified atom stereocenters. The fourth-order valence-electron chi connectivity index (χ4n) is 2.90. The lowest BCUT2D eigenvalue weighted by molar-refractivity contribution is -0.113. The third-order valence-corrected chi connectivity index (χ3v) is 4.10. The van der Waals surface area contributed by atoms with Crippen LogP contribution in [0.5, 0.6) is 11.5 Å². The van der Waals surface area contributed by atoms with E-state index in [1.165, 1.54) is 0 Å². The van der Waals surface area contributed by atoms with E-state index >= 15 is 0 Å². The van der Waals surface area contributed by atoms with E-state index in [4.69, 9.17) is 9.47 Å². The van der Waals surface area contributed by atoms with Gasteiger partial charge in [0.1, 0.15) is 6.61 Å². The van der Waals surface area contributed by atoms with Crippen LogP contribution in [-0.4, -0.2) is 31.2 Å². The summed E-state index contributed by atoms with van der Waals surface area (Å²) in [5, 5.41) is 8.34. The van der Waals surface area contributed by atoms with Gasteiger partial charge in [-0.25, -0.2) is 4.79 Å². The lowest BCUT2D eigenvalue weighted by Gasteiger charge is -2.20. The SMILES string of the molecule is CCOc1cccc2c1OCC(C(=O)Nc1cccc(NC(=O)NC(C)C)c1)=C2. The molecule has 0 bridgehead atoms. The summed E-state index contributed by atoms with van der Waals surface area (Å²) in [6.07, 6.45) is 1.80. The van der Waals surface area contributed by atoms with Crippen molar-refractivity contribution in [1.29, 1.82) is 0 Å². The van der Waals surface area contributed by atoms with Crippen LogP contribution in [0, 0.1) is 0 Å². The average molecular weight is 395 g/mol. The minimum atomic E-state index is -0.298. The van der Waals surface area contributed by atoms with Gasteiger partial charge in [0, 0.05) is 23.0 Å². The minimum Gasteiger partial charge on any atom is -0.490 e. The number of amides is 3. The molecule has 0 fully saturated rings. The first-order valence-corrected chi connectivity index (χ1v) is 9.54. The average Bonchev–Trinajstić information content (AvgIpc) is 2.67. The van der Waals surface area contributed by atoms with E-state index in [0.29, 0.717) is 35.1 Å². The van der Waals surface area contributed by atoms with Crippen LogP contribution in [0.25, 0.3) is 6.08 Å². The topological polar surface area (TPSA) is 88.7 Å². The van der Waals surface area contributed by atoms with Crippen molar-refractivity contribution in [2.45, 2.75) is 26.8 Å². The molecule has 29 heavy (non-hydrogen) atoms. The van der Waals surface area contributed by atoms with E-state index in [-0.39, 0.29) is 24.6 Å². The predicted octanol–water partition coefficient (Wildman–Crippen LogP) is 4.03. The third-order valence-electron chi connectivity index (χ3n) is 4.10. The highest BCUT2D eigenvalue weighted by atomic mass is 16.5. The monoisotopic (exact) mass is 395 g/mol. The van der Waals surface area contributed by atoms with Crippen molar-refractivity contribution < 1.29 is 19.1 Å². The van der Waals surface area contributed by atoms with Gasteiger partial charge in [0.05, 0.1) is 12.2 Å². The Hall–Kier alpha value is -3.48. The number of carbonyl (C=O) groups is 2. The maximum atomic E-state index is 12.7. The molecule has 0 aliphatic carbocycles. The number of urea groups is 1. The summed E-state index contributed by atoms with van der Waals surface area (Å²) in [7, 11) is 0. The Balaban J connectivity index is 1.70. The molecular formula is C22H25N3O4. The molecule has 0 atom stereocenters. The molecule has 0 aromatic heterocycles. The van der Waals surface area contributed by atoms with Crippen LogP contribution in [0.15, 0.2) is 48.0 Å². The van der Waals surface area contributed by atoms with Crippen molar-refractivity contribution >= 4 is 29.4 Å². The van der Waals surface area contributed by atoms with Gasteiger partial charge in [0.2, 0.25) is 0 Å². The second-order valence-corrected chi connectivity index (χ2v) is 6.85. The first-order valence-electron chi connectivity index (χ1n) is 9.54. The molecule has 1 heterocycles. The molecule has 3 amide bonds. The molecule has 0 radical (unpaired) electrons. The summed E-state index contributed by atoms with van der Waals surface area (Å²) in [5.41, 5.74) is 2.46. The van der Waals surface area contributed by atoms with Crippen LogP contribution in [-0.2, 0) is 4.79 Å². The van der Waals surface area contributed by atoms with Crippen LogP contribution in [0.4, 0.5) is 16.2 Å². The highest BCUT2D eigenvalue weighted by Gasteiger charge is 2.20. The fraction of sp³-hybridized carbons (Fsp3) is 0.273. The summed E-state index contributed by atoms with van der Waals surface area (Å²) in [5.74, 6) is 1.05. The molecule has 3 rings (SSSR count). The summed E-state index contributed by atoms with van der Waals surface area (Å²) in [4.78, 5) is 24.5. The number of nitrogens with one attached hydrogen (secondary N) is 3. The van der Waals surface area contributed by atoms with E-state index < -0.39 is 0 Å². The number of hydrogen-bond acceptors (Lipinski definition) is 4. The summed E-state index contributed by atoms with van der Waals surface area (Å²) in [6, 6.07) is 12.3. The van der Waals surface area contributed by atoms with Gasteiger partial charge >= 0.3 is 6.03 Å². The van der Waals surface area contributed by atoms with Crippen LogP contribution >= 0.6 is 0 Å². The molecule has 3 N–H and O–H groups in total. The number of ether oxygens (including phenoxy) is 2. The van der Waals surface area contributed by atoms with Crippen molar-refractivity contribution in [3.05, 3.63) is 53.6 Å². The Morgan fingerprint density at radius 2 is 1.83 bits per heavy atom. The molecule has 0 saturated carbocycles. The number of hydrogen-bond donors (Lipinski definition) is 3. The van der Waals surface area contributed by atoms with Gasteiger partial charge in [-0.3, -0.25) is 4.79 Å². The Kier molecular flexibility index (Phi) is 6.39. The van der Waals surface area contributed by atoms with E-state index in [0.717, 1.165) is 5.56 Å². The summed E-state index contributed by atoms with van der Waals surface area (Å²) in [6.45, 7) is 6.36. The quantitative estimate of drug-likeness (QED) is 0.689. The van der Waals surface area contributed by atoms with E-state index in [1.54, 1.807) is 30.3 Å². The Morgan fingerprint density at radius 1 is 1.10 bits per heavy atom. The molecule has 2 aromatic carbocycles. The van der Waals surface area contributed by atoms with Gasteiger partial charge in [-0.15, -0.1) is 0 Å². The third kappa shape index (κ3) is 5.28. The van der Waals surface area contributed by atoms with Crippen LogP contribution < -0.4 is 25.4 Å². The lowest BCUT2D eigenvalue weighted by Crippen LogP contribution is -2.34. The summed E-state index contributed by atoms with van der Waals surface area (Å²) < 4.78 is 11.3. The van der Waals surface area contributed by atoms with Crippen LogP contribution in [0.3, 0.4) is 0 Å². The largest absolute Gasteiger partial charge is 0.490 e. The normalized spacial score (nSPS) is 12.3. The van der Waals surface area contributed by atoms with E-state index in [1.807, 2.05) is 39.0 Å². The second kappa shape index (κ2) is 9.14. The minimum absolute atomic E-state index is 0.0299. The van der Waals surface area contributed by atoms with Gasteiger partial charge in [-0.05, 0) is 51.1 Å². The van der Waals surface area contributed by atoms with Crippen molar-refractivity contribution in [1.82, 2.24) is 5.32 Å². The van der Waals surface area contributed by atoms with Gasteiger partial charge in [0.25, 0.3) is 5.91 Å². The zero-order valence-electron chi connectivity index (χ0n) is 16.7. The first kappa shape index (κ1) is 20.3. The van der Waals surface area contributed by atoms with Crippen molar-refractivity contribution in [3.63, 3.8) is 0 Å². The van der Waals surface area contributed by atoms with Crippen LogP contribution in [0.2, 0.25) is 0 Å². The molecular weight excluding hydrogens is 370 g/mol. The summed E-state index contributed by atoms with van der Waals surface area (Å²) >= 11 is 0. The maximum absolute atomic E-state index is 12.7. The fourth-order valence-corrected chi connectivity index (χ4v) is 2.90. The Labute approximate surface area is 170 Å². The molecule has 2 aromatic rings. The molecule has 7 heteroatoms. The second-order valence-electron chi connectivity index (χ2n) is 6.85. The number of benzene rings is 2.